The summed E-state index contributed by atoms with van der Waals surface area (Å²) in [7, 11) is 0. The number of hydrogen-bond donors (Lipinski definition) is 4. The van der Waals surface area contributed by atoms with E-state index in [1.807, 2.05) is 0 Å². The van der Waals surface area contributed by atoms with E-state index < -0.39 is 18.0 Å². The topological polar surface area (TPSA) is 121 Å². The zero-order chi connectivity index (χ0) is 22.2. The first-order valence-corrected chi connectivity index (χ1v) is 10.0. The molecule has 2 aromatic rings. The summed E-state index contributed by atoms with van der Waals surface area (Å²) in [5, 5.41) is 7.08. The van der Waals surface area contributed by atoms with Crippen molar-refractivity contribution in [2.45, 2.75) is 25.5 Å². The summed E-state index contributed by atoms with van der Waals surface area (Å²) in [6.07, 6.45) is 1.74. The van der Waals surface area contributed by atoms with Gasteiger partial charge < -0.3 is 4.74 Å². The van der Waals surface area contributed by atoms with Crippen molar-refractivity contribution in [2.24, 2.45) is 5.10 Å². The monoisotopic (exact) mass is 463 g/mol. The van der Waals surface area contributed by atoms with Gasteiger partial charge in [-0.15, -0.1) is 0 Å². The van der Waals surface area contributed by atoms with Crippen LogP contribution in [0.15, 0.2) is 47.6 Å². The number of rotatable bonds is 8. The molecule has 0 saturated carbocycles. The number of amides is 4. The van der Waals surface area contributed by atoms with Crippen molar-refractivity contribution in [1.29, 1.82) is 0 Å². The molecule has 3 rings (SSSR count). The number of ether oxygens (including phenoxy) is 1. The summed E-state index contributed by atoms with van der Waals surface area (Å²) in [6, 6.07) is 11.0. The molecule has 9 nitrogen and oxygen atoms in total. The van der Waals surface area contributed by atoms with E-state index in [9.17, 15) is 14.4 Å². The molecule has 0 radical (unpaired) electrons. The maximum Gasteiger partial charge on any atom is 0.335 e. The lowest BCUT2D eigenvalue weighted by Crippen LogP contribution is -2.62. The van der Waals surface area contributed by atoms with Gasteiger partial charge in [-0.25, -0.2) is 15.6 Å². The highest BCUT2D eigenvalue weighted by atomic mass is 35.5. The number of benzene rings is 2. The average molecular weight is 464 g/mol. The second-order valence-corrected chi connectivity index (χ2v) is 7.34. The van der Waals surface area contributed by atoms with Gasteiger partial charge >= 0.3 is 6.03 Å². The molecule has 4 N–H and O–H groups in total. The van der Waals surface area contributed by atoms with Gasteiger partial charge in [-0.3, -0.25) is 20.3 Å². The quantitative estimate of drug-likeness (QED) is 0.354. The van der Waals surface area contributed by atoms with E-state index in [0.717, 1.165) is 5.56 Å². The molecule has 1 unspecified atom stereocenters. The van der Waals surface area contributed by atoms with Crippen molar-refractivity contribution >= 4 is 47.3 Å². The fraction of sp³-hybridized carbons (Fsp3) is 0.200. The lowest BCUT2D eigenvalue weighted by atomic mass is 10.1. The Morgan fingerprint density at radius 2 is 1.84 bits per heavy atom. The molecule has 0 aliphatic carbocycles. The Labute approximate surface area is 188 Å². The van der Waals surface area contributed by atoms with Gasteiger partial charge in [0, 0.05) is 22.0 Å². The number of hydrazine groups is 1. The summed E-state index contributed by atoms with van der Waals surface area (Å²) >= 11 is 12.3. The van der Waals surface area contributed by atoms with E-state index >= 15 is 0 Å². The first-order valence-electron chi connectivity index (χ1n) is 9.26. The largest absolute Gasteiger partial charge is 0.489 e. The molecule has 1 fully saturated rings. The molecular formula is C20H19Cl2N5O4. The van der Waals surface area contributed by atoms with Gasteiger partial charge in [-0.05, 0) is 48.4 Å². The Balaban J connectivity index is 1.42. The van der Waals surface area contributed by atoms with Crippen LogP contribution in [0, 0.1) is 0 Å². The van der Waals surface area contributed by atoms with Crippen molar-refractivity contribution in [3.8, 4) is 5.75 Å². The van der Waals surface area contributed by atoms with Crippen LogP contribution in [0.25, 0.3) is 0 Å². The number of nitrogens with one attached hydrogen (secondary N) is 4. The zero-order valence-electron chi connectivity index (χ0n) is 16.2. The maximum atomic E-state index is 11.9. The van der Waals surface area contributed by atoms with Crippen molar-refractivity contribution in [2.75, 3.05) is 0 Å². The van der Waals surface area contributed by atoms with Crippen molar-refractivity contribution in [3.63, 3.8) is 0 Å². The third-order valence-electron chi connectivity index (χ3n) is 4.30. The Morgan fingerprint density at radius 3 is 2.52 bits per heavy atom. The van der Waals surface area contributed by atoms with E-state index in [1.165, 1.54) is 6.21 Å². The molecule has 1 heterocycles. The van der Waals surface area contributed by atoms with Gasteiger partial charge in [0.1, 0.15) is 18.4 Å². The average Bonchev–Trinajstić information content (AvgIpc) is 2.74. The molecule has 0 aromatic heterocycles. The highest BCUT2D eigenvalue weighted by molar-refractivity contribution is 6.35. The zero-order valence-corrected chi connectivity index (χ0v) is 17.7. The van der Waals surface area contributed by atoms with Crippen molar-refractivity contribution in [1.82, 2.24) is 21.6 Å². The van der Waals surface area contributed by atoms with E-state index in [-0.39, 0.29) is 25.4 Å². The van der Waals surface area contributed by atoms with Gasteiger partial charge in [0.2, 0.25) is 11.8 Å². The van der Waals surface area contributed by atoms with Gasteiger partial charge in [0.25, 0.3) is 0 Å². The molecule has 1 aliphatic rings. The summed E-state index contributed by atoms with van der Waals surface area (Å²) in [6.45, 7) is 0.236. The summed E-state index contributed by atoms with van der Waals surface area (Å²) in [4.78, 5) is 34.4. The van der Waals surface area contributed by atoms with Gasteiger partial charge in [0.15, 0.2) is 0 Å². The van der Waals surface area contributed by atoms with E-state index in [4.69, 9.17) is 27.9 Å². The summed E-state index contributed by atoms with van der Waals surface area (Å²) in [5.74, 6) is -0.221. The van der Waals surface area contributed by atoms with Gasteiger partial charge in [0.05, 0.1) is 6.21 Å². The molecule has 2 aromatic carbocycles. The molecule has 1 saturated heterocycles. The molecule has 1 aliphatic heterocycles. The van der Waals surface area contributed by atoms with Crippen LogP contribution in [0.1, 0.15) is 24.0 Å². The molecule has 162 valence electrons. The smallest absolute Gasteiger partial charge is 0.335 e. The van der Waals surface area contributed by atoms with Crippen LogP contribution in [0.2, 0.25) is 10.0 Å². The van der Waals surface area contributed by atoms with Crippen LogP contribution in [-0.2, 0) is 16.2 Å². The molecule has 11 heteroatoms. The highest BCUT2D eigenvalue weighted by Gasteiger charge is 2.25. The molecular weight excluding hydrogens is 445 g/mol. The van der Waals surface area contributed by atoms with Crippen LogP contribution in [0.5, 0.6) is 5.75 Å². The molecule has 1 atom stereocenters. The summed E-state index contributed by atoms with van der Waals surface area (Å²) in [5.41, 5.74) is 8.66. The van der Waals surface area contributed by atoms with Gasteiger partial charge in [-0.2, -0.15) is 5.10 Å². The van der Waals surface area contributed by atoms with Crippen LogP contribution >= 0.6 is 23.2 Å². The number of hydrogen-bond acceptors (Lipinski definition) is 6. The van der Waals surface area contributed by atoms with Gasteiger partial charge in [-0.1, -0.05) is 29.3 Å². The highest BCUT2D eigenvalue weighted by Crippen LogP contribution is 2.25. The number of carbonyl (C=O) groups excluding carboxylic acids is 3. The second-order valence-electron chi connectivity index (χ2n) is 6.53. The number of urea groups is 1. The minimum atomic E-state index is -0.680. The number of nitrogens with zero attached hydrogens (tertiary/aromatic N) is 1. The number of halogens is 2. The first-order chi connectivity index (χ1) is 14.9. The molecule has 4 amide bonds. The van der Waals surface area contributed by atoms with Crippen molar-refractivity contribution in [3.05, 3.63) is 63.6 Å². The predicted molar refractivity (Wildman–Crippen MR) is 116 cm³/mol. The lowest BCUT2D eigenvalue weighted by molar-refractivity contribution is -0.124. The third kappa shape index (κ3) is 6.68. The Hall–Kier alpha value is -3.14. The van der Waals surface area contributed by atoms with Crippen molar-refractivity contribution < 1.29 is 19.1 Å². The summed E-state index contributed by atoms with van der Waals surface area (Å²) < 4.78 is 5.71. The third-order valence-corrected chi connectivity index (χ3v) is 5.01. The fourth-order valence-corrected chi connectivity index (χ4v) is 3.14. The SMILES string of the molecule is O=C(CCC1NNC(=O)NC1=O)N/N=C/c1ccc(OCc2c(Cl)cccc2Cl)cc1. The molecule has 0 bridgehead atoms. The Kier molecular flexibility index (Phi) is 7.82. The van der Waals surface area contributed by atoms with Crippen LogP contribution in [-0.4, -0.2) is 30.1 Å². The minimum absolute atomic E-state index is 0.0513. The van der Waals surface area contributed by atoms with E-state index in [2.05, 4.69) is 26.7 Å². The standard InChI is InChI=1S/C20H19Cl2N5O4/c21-15-2-1-3-16(22)14(15)11-31-13-6-4-12(5-7-13)10-23-26-18(28)9-8-17-19(29)24-20(30)27-25-17/h1-7,10,17,25H,8-9,11H2,(H,26,28)(H2,24,27,29,30)/b23-10+. The lowest BCUT2D eigenvalue weighted by Gasteiger charge is -2.22. The minimum Gasteiger partial charge on any atom is -0.489 e. The number of carbonyl (C=O) groups is 3. The van der Waals surface area contributed by atoms with Crippen LogP contribution < -0.4 is 26.3 Å². The normalized spacial score (nSPS) is 16.0. The number of imide groups is 1. The first kappa shape index (κ1) is 22.5. The number of hydrazone groups is 1. The molecule has 31 heavy (non-hydrogen) atoms. The Bertz CT molecular complexity index is 977. The second kappa shape index (κ2) is 10.8. The van der Waals surface area contributed by atoms with E-state index in [1.54, 1.807) is 42.5 Å². The molecule has 0 spiro atoms. The maximum absolute atomic E-state index is 11.9. The fourth-order valence-electron chi connectivity index (χ4n) is 2.64. The van der Waals surface area contributed by atoms with Crippen LogP contribution in [0.3, 0.4) is 0 Å². The van der Waals surface area contributed by atoms with Crippen LogP contribution in [0.4, 0.5) is 4.79 Å². The Morgan fingerprint density at radius 1 is 1.13 bits per heavy atom. The van der Waals surface area contributed by atoms with E-state index in [0.29, 0.717) is 21.4 Å². The predicted octanol–water partition coefficient (Wildman–Crippen LogP) is 2.52.